The fourth-order valence-electron chi connectivity index (χ4n) is 4.55. The second-order valence-electron chi connectivity index (χ2n) is 8.84. The molecule has 0 amide bonds. The molecule has 194 valence electrons. The predicted octanol–water partition coefficient (Wildman–Crippen LogP) is 4.51. The SMILES string of the molecule is CC(c1nc2ccc(F)cc2c(=O)n1-c1cccc(F)c1)n1nc(-c2ccc(O)c(F)c2)c2c(N)ncnc21. The third-order valence-electron chi connectivity index (χ3n) is 6.40. The zero-order chi connectivity index (χ0) is 27.4. The van der Waals surface area contributed by atoms with Gasteiger partial charge in [-0.3, -0.25) is 9.36 Å². The van der Waals surface area contributed by atoms with Crippen LogP contribution in [0.2, 0.25) is 0 Å². The van der Waals surface area contributed by atoms with Crippen molar-refractivity contribution in [3.63, 3.8) is 0 Å². The number of aromatic nitrogens is 6. The van der Waals surface area contributed by atoms with Crippen molar-refractivity contribution in [3.8, 4) is 22.7 Å². The first-order chi connectivity index (χ1) is 18.7. The summed E-state index contributed by atoms with van der Waals surface area (Å²) in [7, 11) is 0. The van der Waals surface area contributed by atoms with Crippen LogP contribution in [0, 0.1) is 17.5 Å². The minimum absolute atomic E-state index is 0.00682. The Hall–Kier alpha value is -5.26. The van der Waals surface area contributed by atoms with Crippen molar-refractivity contribution in [2.45, 2.75) is 13.0 Å². The highest BCUT2D eigenvalue weighted by Crippen LogP contribution is 2.34. The first-order valence-corrected chi connectivity index (χ1v) is 11.7. The van der Waals surface area contributed by atoms with Crippen LogP contribution in [-0.4, -0.2) is 34.4 Å². The number of nitrogen functional groups attached to an aromatic ring is 1. The molecular formula is C27H18F3N7O2. The number of nitrogens with zero attached hydrogens (tertiary/aromatic N) is 6. The van der Waals surface area contributed by atoms with E-state index in [9.17, 15) is 23.1 Å². The predicted molar refractivity (Wildman–Crippen MR) is 138 cm³/mol. The maximum atomic E-state index is 14.2. The molecular weight excluding hydrogens is 511 g/mol. The maximum Gasteiger partial charge on any atom is 0.266 e. The highest BCUT2D eigenvalue weighted by Gasteiger charge is 2.26. The molecule has 6 rings (SSSR count). The van der Waals surface area contributed by atoms with E-state index >= 15 is 0 Å². The molecule has 3 N–H and O–H groups in total. The number of phenolic OH excluding ortho intramolecular Hbond substituents is 1. The topological polar surface area (TPSA) is 125 Å². The van der Waals surface area contributed by atoms with E-state index < -0.39 is 34.8 Å². The van der Waals surface area contributed by atoms with Gasteiger partial charge in [0.2, 0.25) is 0 Å². The van der Waals surface area contributed by atoms with Crippen molar-refractivity contribution >= 4 is 27.8 Å². The quantitative estimate of drug-likeness (QED) is 0.344. The monoisotopic (exact) mass is 529 g/mol. The minimum atomic E-state index is -0.859. The zero-order valence-electron chi connectivity index (χ0n) is 20.2. The Labute approximate surface area is 217 Å². The molecule has 6 aromatic rings. The lowest BCUT2D eigenvalue weighted by atomic mass is 10.1. The number of fused-ring (bicyclic) bond motifs is 2. The largest absolute Gasteiger partial charge is 0.505 e. The Bertz CT molecular complexity index is 1990. The summed E-state index contributed by atoms with van der Waals surface area (Å²) >= 11 is 0. The van der Waals surface area contributed by atoms with E-state index in [0.29, 0.717) is 10.9 Å². The number of anilines is 1. The number of benzene rings is 3. The molecule has 1 atom stereocenters. The average molecular weight is 529 g/mol. The van der Waals surface area contributed by atoms with Crippen LogP contribution in [0.3, 0.4) is 0 Å². The van der Waals surface area contributed by atoms with E-state index in [1.54, 1.807) is 6.92 Å². The van der Waals surface area contributed by atoms with E-state index in [1.807, 2.05) is 0 Å². The molecule has 3 aromatic heterocycles. The van der Waals surface area contributed by atoms with Gasteiger partial charge in [0.15, 0.2) is 17.2 Å². The van der Waals surface area contributed by atoms with Crippen LogP contribution < -0.4 is 11.3 Å². The first kappa shape index (κ1) is 24.1. The third-order valence-corrected chi connectivity index (χ3v) is 6.40. The van der Waals surface area contributed by atoms with E-state index in [4.69, 9.17) is 5.73 Å². The van der Waals surface area contributed by atoms with Gasteiger partial charge in [-0.2, -0.15) is 5.10 Å². The Balaban J connectivity index is 1.65. The number of rotatable bonds is 4. The van der Waals surface area contributed by atoms with E-state index in [1.165, 1.54) is 58.0 Å². The lowest BCUT2D eigenvalue weighted by Crippen LogP contribution is -2.27. The number of halogens is 3. The van der Waals surface area contributed by atoms with Crippen LogP contribution in [-0.2, 0) is 0 Å². The molecule has 0 aliphatic carbocycles. The van der Waals surface area contributed by atoms with Crippen molar-refractivity contribution in [3.05, 3.63) is 101 Å². The summed E-state index contributed by atoms with van der Waals surface area (Å²) < 4.78 is 45.2. The molecule has 3 heterocycles. The fraction of sp³-hybridized carbons (Fsp3) is 0.0741. The summed E-state index contributed by atoms with van der Waals surface area (Å²) in [5.74, 6) is -2.37. The van der Waals surface area contributed by atoms with Crippen molar-refractivity contribution in [2.24, 2.45) is 0 Å². The second kappa shape index (κ2) is 8.94. The number of aromatic hydroxyl groups is 1. The van der Waals surface area contributed by atoms with Crippen molar-refractivity contribution in [1.29, 1.82) is 0 Å². The summed E-state index contributed by atoms with van der Waals surface area (Å²) in [4.78, 5) is 26.7. The van der Waals surface area contributed by atoms with Gasteiger partial charge in [-0.25, -0.2) is 32.8 Å². The average Bonchev–Trinajstić information content (AvgIpc) is 3.31. The minimum Gasteiger partial charge on any atom is -0.505 e. The Kier molecular flexibility index (Phi) is 5.52. The fourth-order valence-corrected chi connectivity index (χ4v) is 4.55. The molecule has 0 bridgehead atoms. The van der Waals surface area contributed by atoms with Gasteiger partial charge in [0.05, 0.1) is 22.0 Å². The standard InChI is InChI=1S/C27H18F3N7O2/c1-13(37-26-22(24(31)32-12-33-26)23(35-37)14-5-8-21(38)19(30)9-14)25-34-20-7-6-16(29)11-18(20)27(39)36(25)17-4-2-3-15(28)10-17/h2-13,38H,1H3,(H2,31,32,33). The molecule has 0 aliphatic rings. The molecule has 39 heavy (non-hydrogen) atoms. The highest BCUT2D eigenvalue weighted by molar-refractivity contribution is 5.98. The molecule has 0 radical (unpaired) electrons. The summed E-state index contributed by atoms with van der Waals surface area (Å²) in [6, 6.07) is 11.9. The first-order valence-electron chi connectivity index (χ1n) is 11.7. The van der Waals surface area contributed by atoms with Gasteiger partial charge in [-0.05, 0) is 61.5 Å². The molecule has 0 aliphatic heterocycles. The van der Waals surface area contributed by atoms with Gasteiger partial charge in [0.1, 0.15) is 41.3 Å². The third kappa shape index (κ3) is 3.93. The molecule has 0 spiro atoms. The van der Waals surface area contributed by atoms with Gasteiger partial charge >= 0.3 is 0 Å². The Morgan fingerprint density at radius 2 is 1.77 bits per heavy atom. The summed E-state index contributed by atoms with van der Waals surface area (Å²) in [5.41, 5.74) is 6.75. The second-order valence-corrected chi connectivity index (χ2v) is 8.84. The van der Waals surface area contributed by atoms with Crippen molar-refractivity contribution in [2.75, 3.05) is 5.73 Å². The molecule has 0 fully saturated rings. The summed E-state index contributed by atoms with van der Waals surface area (Å²) in [6.07, 6.45) is 1.24. The number of hydrogen-bond acceptors (Lipinski definition) is 7. The van der Waals surface area contributed by atoms with E-state index in [2.05, 4.69) is 20.1 Å². The summed E-state index contributed by atoms with van der Waals surface area (Å²) in [6.45, 7) is 1.69. The van der Waals surface area contributed by atoms with Crippen LogP contribution in [0.25, 0.3) is 38.9 Å². The summed E-state index contributed by atoms with van der Waals surface area (Å²) in [5, 5.41) is 14.6. The van der Waals surface area contributed by atoms with Gasteiger partial charge in [-0.1, -0.05) is 6.07 Å². The van der Waals surface area contributed by atoms with Crippen LogP contribution in [0.5, 0.6) is 5.75 Å². The van der Waals surface area contributed by atoms with Crippen LogP contribution in [0.4, 0.5) is 19.0 Å². The molecule has 0 saturated carbocycles. The van der Waals surface area contributed by atoms with Gasteiger partial charge in [0, 0.05) is 5.56 Å². The molecule has 12 heteroatoms. The number of hydrogen-bond donors (Lipinski definition) is 2. The molecule has 0 saturated heterocycles. The Morgan fingerprint density at radius 1 is 0.974 bits per heavy atom. The smallest absolute Gasteiger partial charge is 0.266 e. The van der Waals surface area contributed by atoms with Gasteiger partial charge < -0.3 is 10.8 Å². The van der Waals surface area contributed by atoms with Crippen LogP contribution in [0.1, 0.15) is 18.8 Å². The van der Waals surface area contributed by atoms with Crippen molar-refractivity contribution in [1.82, 2.24) is 29.3 Å². The van der Waals surface area contributed by atoms with Gasteiger partial charge in [0.25, 0.3) is 5.56 Å². The lowest BCUT2D eigenvalue weighted by molar-refractivity contribution is 0.432. The molecule has 1 unspecified atom stereocenters. The maximum absolute atomic E-state index is 14.2. The number of nitrogens with two attached hydrogens (primary N) is 1. The van der Waals surface area contributed by atoms with E-state index in [-0.39, 0.29) is 39.6 Å². The number of phenols is 1. The van der Waals surface area contributed by atoms with Crippen LogP contribution in [0.15, 0.2) is 71.8 Å². The van der Waals surface area contributed by atoms with Gasteiger partial charge in [-0.15, -0.1) is 0 Å². The van der Waals surface area contributed by atoms with Crippen molar-refractivity contribution < 1.29 is 18.3 Å². The van der Waals surface area contributed by atoms with E-state index in [0.717, 1.165) is 18.2 Å². The zero-order valence-corrected chi connectivity index (χ0v) is 20.2. The molecule has 9 nitrogen and oxygen atoms in total. The Morgan fingerprint density at radius 3 is 2.54 bits per heavy atom. The highest BCUT2D eigenvalue weighted by atomic mass is 19.1. The normalized spacial score (nSPS) is 12.3. The lowest BCUT2D eigenvalue weighted by Gasteiger charge is -2.19. The van der Waals surface area contributed by atoms with Crippen LogP contribution >= 0.6 is 0 Å². The molecule has 3 aromatic carbocycles.